The lowest BCUT2D eigenvalue weighted by atomic mass is 10.0. The van der Waals surface area contributed by atoms with Gasteiger partial charge in [0.25, 0.3) is 0 Å². The van der Waals surface area contributed by atoms with Gasteiger partial charge in [0, 0.05) is 10.9 Å². The number of nitrogens with zero attached hydrogens (tertiary/aromatic N) is 2. The first-order chi connectivity index (χ1) is 9.29. The second-order valence-corrected chi connectivity index (χ2v) is 4.20. The number of nitrogens with two attached hydrogens (primary N) is 1. The zero-order valence-electron chi connectivity index (χ0n) is 10.5. The Hall–Kier alpha value is -2.62. The van der Waals surface area contributed by atoms with Crippen molar-refractivity contribution in [3.05, 3.63) is 48.5 Å². The second-order valence-electron chi connectivity index (χ2n) is 4.20. The number of hydrogen-bond acceptors (Lipinski definition) is 4. The molecule has 0 aliphatic heterocycles. The molecule has 2 N–H and O–H groups in total. The minimum Gasteiger partial charge on any atom is -0.496 e. The number of nitrogen functional groups attached to an aromatic ring is 1. The van der Waals surface area contributed by atoms with Crippen LogP contribution in [-0.2, 0) is 0 Å². The fraction of sp³-hybridized carbons (Fsp3) is 0.0667. The van der Waals surface area contributed by atoms with Crippen molar-refractivity contribution >= 4 is 16.6 Å². The van der Waals surface area contributed by atoms with Crippen LogP contribution in [0.5, 0.6) is 5.75 Å². The van der Waals surface area contributed by atoms with Crippen LogP contribution in [0.1, 0.15) is 0 Å². The zero-order valence-corrected chi connectivity index (χ0v) is 10.5. The molecule has 3 aromatic rings. The smallest absolute Gasteiger partial charge is 0.146 e. The molecule has 0 spiro atoms. The molecule has 0 saturated heterocycles. The van der Waals surface area contributed by atoms with Gasteiger partial charge in [-0.1, -0.05) is 24.3 Å². The van der Waals surface area contributed by atoms with Gasteiger partial charge in [-0.3, -0.25) is 0 Å². The third-order valence-electron chi connectivity index (χ3n) is 3.07. The van der Waals surface area contributed by atoms with Gasteiger partial charge < -0.3 is 10.5 Å². The summed E-state index contributed by atoms with van der Waals surface area (Å²) in [5, 5.41) is 10.2. The standard InChI is InChI=1S/C15H13N3O/c1-19-14-8-6-11(10-4-2-3-5-12(10)14)13-7-9-15(16)18-17-13/h2-9H,1H3,(H2,16,18). The van der Waals surface area contributed by atoms with Crippen LogP contribution in [0.15, 0.2) is 48.5 Å². The van der Waals surface area contributed by atoms with Gasteiger partial charge in [0.05, 0.1) is 12.8 Å². The molecule has 0 amide bonds. The summed E-state index contributed by atoms with van der Waals surface area (Å²) in [6.45, 7) is 0. The summed E-state index contributed by atoms with van der Waals surface area (Å²) in [5.41, 5.74) is 7.39. The average molecular weight is 251 g/mol. The molecule has 0 bridgehead atoms. The van der Waals surface area contributed by atoms with E-state index in [0.717, 1.165) is 27.8 Å². The Bertz CT molecular complexity index is 723. The summed E-state index contributed by atoms with van der Waals surface area (Å²) in [4.78, 5) is 0. The molecule has 4 nitrogen and oxygen atoms in total. The van der Waals surface area contributed by atoms with E-state index in [1.165, 1.54) is 0 Å². The van der Waals surface area contributed by atoms with Crippen molar-refractivity contribution in [3.63, 3.8) is 0 Å². The summed E-state index contributed by atoms with van der Waals surface area (Å²) >= 11 is 0. The molecule has 1 heterocycles. The highest BCUT2D eigenvalue weighted by molar-refractivity contribution is 5.99. The number of hydrogen-bond donors (Lipinski definition) is 1. The molecule has 3 rings (SSSR count). The van der Waals surface area contributed by atoms with Crippen LogP contribution in [-0.4, -0.2) is 17.3 Å². The molecule has 0 unspecified atom stereocenters. The van der Waals surface area contributed by atoms with E-state index in [-0.39, 0.29) is 0 Å². The number of anilines is 1. The SMILES string of the molecule is COc1ccc(-c2ccc(N)nn2)c2ccccc12. The Balaban J connectivity index is 2.27. The van der Waals surface area contributed by atoms with E-state index in [1.54, 1.807) is 13.2 Å². The van der Waals surface area contributed by atoms with E-state index in [1.807, 2.05) is 42.5 Å². The average Bonchev–Trinajstić information content (AvgIpc) is 2.47. The van der Waals surface area contributed by atoms with Gasteiger partial charge in [-0.15, -0.1) is 10.2 Å². The van der Waals surface area contributed by atoms with E-state index in [9.17, 15) is 0 Å². The number of fused-ring (bicyclic) bond motifs is 1. The van der Waals surface area contributed by atoms with Gasteiger partial charge in [-0.05, 0) is 29.7 Å². The predicted octanol–water partition coefficient (Wildman–Crippen LogP) is 2.89. The zero-order chi connectivity index (χ0) is 13.2. The number of aromatic nitrogens is 2. The lowest BCUT2D eigenvalue weighted by Gasteiger charge is -2.09. The van der Waals surface area contributed by atoms with Crippen LogP contribution in [0.4, 0.5) is 5.82 Å². The lowest BCUT2D eigenvalue weighted by molar-refractivity contribution is 0.420. The Morgan fingerprint density at radius 1 is 0.895 bits per heavy atom. The van der Waals surface area contributed by atoms with Crippen LogP contribution in [0, 0.1) is 0 Å². The molecular weight excluding hydrogens is 238 g/mol. The van der Waals surface area contributed by atoms with E-state index < -0.39 is 0 Å². The normalized spacial score (nSPS) is 10.6. The maximum absolute atomic E-state index is 5.57. The topological polar surface area (TPSA) is 61.0 Å². The molecular formula is C15H13N3O. The third-order valence-corrected chi connectivity index (χ3v) is 3.07. The predicted molar refractivity (Wildman–Crippen MR) is 75.9 cm³/mol. The summed E-state index contributed by atoms with van der Waals surface area (Å²) in [7, 11) is 1.67. The maximum Gasteiger partial charge on any atom is 0.146 e. The van der Waals surface area contributed by atoms with E-state index in [4.69, 9.17) is 10.5 Å². The van der Waals surface area contributed by atoms with Crippen LogP contribution >= 0.6 is 0 Å². The fourth-order valence-electron chi connectivity index (χ4n) is 2.16. The van der Waals surface area contributed by atoms with Gasteiger partial charge in [0.1, 0.15) is 11.6 Å². The summed E-state index contributed by atoms with van der Waals surface area (Å²) in [6.07, 6.45) is 0. The largest absolute Gasteiger partial charge is 0.496 e. The Morgan fingerprint density at radius 2 is 1.68 bits per heavy atom. The summed E-state index contributed by atoms with van der Waals surface area (Å²) in [5.74, 6) is 1.27. The summed E-state index contributed by atoms with van der Waals surface area (Å²) in [6, 6.07) is 15.6. The van der Waals surface area contributed by atoms with Gasteiger partial charge in [0.15, 0.2) is 0 Å². The van der Waals surface area contributed by atoms with Crippen molar-refractivity contribution in [1.82, 2.24) is 10.2 Å². The molecule has 0 atom stereocenters. The van der Waals surface area contributed by atoms with Crippen LogP contribution < -0.4 is 10.5 Å². The van der Waals surface area contributed by atoms with Crippen molar-refractivity contribution in [1.29, 1.82) is 0 Å². The van der Waals surface area contributed by atoms with E-state index in [2.05, 4.69) is 10.2 Å². The minimum atomic E-state index is 0.418. The van der Waals surface area contributed by atoms with Crippen molar-refractivity contribution in [3.8, 4) is 17.0 Å². The number of benzene rings is 2. The third kappa shape index (κ3) is 1.97. The molecule has 0 aliphatic rings. The Labute approximate surface area is 110 Å². The molecule has 94 valence electrons. The monoisotopic (exact) mass is 251 g/mol. The first-order valence-electron chi connectivity index (χ1n) is 5.95. The molecule has 2 aromatic carbocycles. The molecule has 0 aliphatic carbocycles. The molecule has 1 aromatic heterocycles. The molecule has 19 heavy (non-hydrogen) atoms. The Morgan fingerprint density at radius 3 is 2.37 bits per heavy atom. The summed E-state index contributed by atoms with van der Waals surface area (Å²) < 4.78 is 5.38. The quantitative estimate of drug-likeness (QED) is 0.760. The minimum absolute atomic E-state index is 0.418. The Kier molecular flexibility index (Phi) is 2.76. The van der Waals surface area contributed by atoms with Gasteiger partial charge in [-0.25, -0.2) is 0 Å². The number of ether oxygens (including phenoxy) is 1. The highest BCUT2D eigenvalue weighted by Gasteiger charge is 2.08. The fourth-order valence-corrected chi connectivity index (χ4v) is 2.16. The van der Waals surface area contributed by atoms with Crippen LogP contribution in [0.2, 0.25) is 0 Å². The van der Waals surface area contributed by atoms with E-state index >= 15 is 0 Å². The second kappa shape index (κ2) is 4.57. The van der Waals surface area contributed by atoms with Crippen LogP contribution in [0.3, 0.4) is 0 Å². The van der Waals surface area contributed by atoms with Crippen molar-refractivity contribution < 1.29 is 4.74 Å². The van der Waals surface area contributed by atoms with Gasteiger partial charge in [0.2, 0.25) is 0 Å². The molecule has 0 radical (unpaired) electrons. The van der Waals surface area contributed by atoms with Crippen molar-refractivity contribution in [2.24, 2.45) is 0 Å². The van der Waals surface area contributed by atoms with Gasteiger partial charge in [-0.2, -0.15) is 0 Å². The lowest BCUT2D eigenvalue weighted by Crippen LogP contribution is -1.94. The van der Waals surface area contributed by atoms with Crippen molar-refractivity contribution in [2.75, 3.05) is 12.8 Å². The molecule has 0 saturated carbocycles. The first kappa shape index (κ1) is 11.5. The van der Waals surface area contributed by atoms with Crippen LogP contribution in [0.25, 0.3) is 22.0 Å². The van der Waals surface area contributed by atoms with E-state index in [0.29, 0.717) is 5.82 Å². The highest BCUT2D eigenvalue weighted by Crippen LogP contribution is 2.33. The number of methoxy groups -OCH3 is 1. The maximum atomic E-state index is 5.57. The highest BCUT2D eigenvalue weighted by atomic mass is 16.5. The first-order valence-corrected chi connectivity index (χ1v) is 5.95. The van der Waals surface area contributed by atoms with Gasteiger partial charge >= 0.3 is 0 Å². The molecule has 0 fully saturated rings. The van der Waals surface area contributed by atoms with Crippen molar-refractivity contribution in [2.45, 2.75) is 0 Å². The number of rotatable bonds is 2. The molecule has 4 heteroatoms.